The van der Waals surface area contributed by atoms with Crippen molar-refractivity contribution >= 4 is 17.2 Å². The Kier molecular flexibility index (Phi) is 3.28. The number of nitrogens with one attached hydrogen (secondary N) is 1. The number of hydrogen-bond acceptors (Lipinski definition) is 3. The van der Waals surface area contributed by atoms with Crippen LogP contribution in [0.1, 0.15) is 23.7 Å². The smallest absolute Gasteiger partial charge is 0.152 e. The van der Waals surface area contributed by atoms with Crippen LogP contribution in [0.3, 0.4) is 0 Å². The molecule has 1 heterocycles. The number of aryl methyl sites for hydroxylation is 4. The molecule has 0 aliphatic heterocycles. The predicted molar refractivity (Wildman–Crippen MR) is 76.2 cm³/mol. The molecule has 18 heavy (non-hydrogen) atoms. The van der Waals surface area contributed by atoms with Gasteiger partial charge in [0.25, 0.3) is 0 Å². The van der Waals surface area contributed by atoms with Crippen molar-refractivity contribution in [2.45, 2.75) is 34.2 Å². The molecule has 0 amide bonds. The Labute approximate surface area is 108 Å². The molecule has 0 aliphatic carbocycles. The first-order chi connectivity index (χ1) is 8.52. The summed E-state index contributed by atoms with van der Waals surface area (Å²) in [5.74, 6) is 0.873. The van der Waals surface area contributed by atoms with E-state index in [1.165, 1.54) is 11.1 Å². The highest BCUT2D eigenvalue weighted by Crippen LogP contribution is 2.26. The Morgan fingerprint density at radius 3 is 2.56 bits per heavy atom. The van der Waals surface area contributed by atoms with Gasteiger partial charge in [-0.1, -0.05) is 6.07 Å². The van der Waals surface area contributed by atoms with Gasteiger partial charge in [0.1, 0.15) is 0 Å². The third-order valence-electron chi connectivity index (χ3n) is 3.24. The van der Waals surface area contributed by atoms with Crippen molar-refractivity contribution in [1.82, 2.24) is 9.78 Å². The average Bonchev–Trinajstić information content (AvgIpc) is 2.61. The topological polar surface area (TPSA) is 55.9 Å². The lowest BCUT2D eigenvalue weighted by Crippen LogP contribution is -2.04. The second kappa shape index (κ2) is 4.72. The molecule has 96 valence electrons. The van der Waals surface area contributed by atoms with Crippen LogP contribution in [-0.4, -0.2) is 9.78 Å². The van der Waals surface area contributed by atoms with E-state index in [1.54, 1.807) is 0 Å². The molecule has 0 radical (unpaired) electrons. The maximum atomic E-state index is 6.05. The number of nitrogen functional groups attached to an aromatic ring is 1. The Morgan fingerprint density at radius 2 is 1.94 bits per heavy atom. The fourth-order valence-corrected chi connectivity index (χ4v) is 1.91. The number of benzene rings is 1. The lowest BCUT2D eigenvalue weighted by molar-refractivity contribution is 0.661. The minimum atomic E-state index is 0.718. The Balaban J connectivity index is 2.36. The van der Waals surface area contributed by atoms with Crippen molar-refractivity contribution in [2.75, 3.05) is 11.1 Å². The van der Waals surface area contributed by atoms with Crippen LogP contribution < -0.4 is 11.1 Å². The molecule has 0 unspecified atom stereocenters. The first kappa shape index (κ1) is 12.5. The van der Waals surface area contributed by atoms with E-state index in [2.05, 4.69) is 49.4 Å². The summed E-state index contributed by atoms with van der Waals surface area (Å²) in [7, 11) is 0. The van der Waals surface area contributed by atoms with E-state index in [4.69, 9.17) is 5.73 Å². The normalized spacial score (nSPS) is 10.7. The van der Waals surface area contributed by atoms with Crippen LogP contribution in [0.2, 0.25) is 0 Å². The number of rotatable bonds is 3. The first-order valence-electron chi connectivity index (χ1n) is 6.20. The van der Waals surface area contributed by atoms with Gasteiger partial charge < -0.3 is 11.1 Å². The molecule has 0 atom stereocenters. The monoisotopic (exact) mass is 244 g/mol. The number of hydrogen-bond donors (Lipinski definition) is 2. The molecule has 0 aliphatic rings. The molecule has 0 fully saturated rings. The van der Waals surface area contributed by atoms with Gasteiger partial charge in [-0.25, -0.2) is 4.68 Å². The summed E-state index contributed by atoms with van der Waals surface area (Å²) >= 11 is 0. The van der Waals surface area contributed by atoms with E-state index in [0.717, 1.165) is 29.4 Å². The Bertz CT molecular complexity index is 569. The van der Waals surface area contributed by atoms with Gasteiger partial charge in [-0.15, -0.1) is 0 Å². The van der Waals surface area contributed by atoms with E-state index in [9.17, 15) is 0 Å². The largest absolute Gasteiger partial charge is 0.394 e. The van der Waals surface area contributed by atoms with Gasteiger partial charge in [0, 0.05) is 12.2 Å². The van der Waals surface area contributed by atoms with Crippen molar-refractivity contribution in [2.24, 2.45) is 0 Å². The van der Waals surface area contributed by atoms with Crippen LogP contribution >= 0.6 is 0 Å². The lowest BCUT2D eigenvalue weighted by Gasteiger charge is -2.11. The zero-order chi connectivity index (χ0) is 13.3. The molecule has 2 aromatic rings. The van der Waals surface area contributed by atoms with E-state index in [-0.39, 0.29) is 0 Å². The summed E-state index contributed by atoms with van der Waals surface area (Å²) in [5, 5.41) is 7.75. The van der Waals surface area contributed by atoms with Gasteiger partial charge in [0.15, 0.2) is 5.82 Å². The molecular weight excluding hydrogens is 224 g/mol. The molecule has 4 nitrogen and oxygen atoms in total. The van der Waals surface area contributed by atoms with Crippen molar-refractivity contribution in [3.05, 3.63) is 35.0 Å². The molecule has 1 aromatic heterocycles. The van der Waals surface area contributed by atoms with Crippen LogP contribution in [0.15, 0.2) is 18.2 Å². The van der Waals surface area contributed by atoms with Gasteiger partial charge in [-0.05, 0) is 51.0 Å². The highest BCUT2D eigenvalue weighted by molar-refractivity contribution is 5.71. The first-order valence-corrected chi connectivity index (χ1v) is 6.20. The van der Waals surface area contributed by atoms with Crippen molar-refractivity contribution in [1.29, 1.82) is 0 Å². The summed E-state index contributed by atoms with van der Waals surface area (Å²) in [4.78, 5) is 0. The summed E-state index contributed by atoms with van der Waals surface area (Å²) in [5.41, 5.74) is 11.2. The van der Waals surface area contributed by atoms with Crippen LogP contribution in [0.25, 0.3) is 0 Å². The van der Waals surface area contributed by atoms with Crippen molar-refractivity contribution in [3.8, 4) is 0 Å². The minimum Gasteiger partial charge on any atom is -0.394 e. The molecular formula is C14H20N4. The van der Waals surface area contributed by atoms with Crippen molar-refractivity contribution in [3.63, 3.8) is 0 Å². The fourth-order valence-electron chi connectivity index (χ4n) is 1.91. The number of aromatic nitrogens is 2. The molecule has 4 heteroatoms. The maximum absolute atomic E-state index is 6.05. The van der Waals surface area contributed by atoms with Gasteiger partial charge in [0.2, 0.25) is 0 Å². The third kappa shape index (κ3) is 2.18. The van der Waals surface area contributed by atoms with Gasteiger partial charge in [-0.3, -0.25) is 0 Å². The molecule has 2 rings (SSSR count). The molecule has 0 bridgehead atoms. The Hall–Kier alpha value is -1.97. The Morgan fingerprint density at radius 1 is 1.22 bits per heavy atom. The predicted octanol–water partition coefficient (Wildman–Crippen LogP) is 3.15. The highest BCUT2D eigenvalue weighted by Gasteiger charge is 2.11. The van der Waals surface area contributed by atoms with Crippen LogP contribution in [-0.2, 0) is 6.54 Å². The van der Waals surface area contributed by atoms with E-state index in [0.29, 0.717) is 0 Å². The van der Waals surface area contributed by atoms with Crippen LogP contribution in [0.5, 0.6) is 0 Å². The summed E-state index contributed by atoms with van der Waals surface area (Å²) in [6.45, 7) is 8.98. The SMILES string of the molecule is CCn1nc(C)c(N)c1Nc1ccc(C)c(C)c1. The number of anilines is 3. The summed E-state index contributed by atoms with van der Waals surface area (Å²) < 4.78 is 1.89. The highest BCUT2D eigenvalue weighted by atomic mass is 15.3. The molecule has 0 saturated carbocycles. The zero-order valence-corrected chi connectivity index (χ0v) is 11.4. The molecule has 1 aromatic carbocycles. The van der Waals surface area contributed by atoms with Crippen LogP contribution in [0.4, 0.5) is 17.2 Å². The number of nitrogens with two attached hydrogens (primary N) is 1. The van der Waals surface area contributed by atoms with Crippen LogP contribution in [0, 0.1) is 20.8 Å². The second-order valence-electron chi connectivity index (χ2n) is 4.59. The standard InChI is InChI=1S/C14H20N4/c1-5-18-14(13(15)11(4)17-18)16-12-7-6-9(2)10(3)8-12/h6-8,16H,5,15H2,1-4H3. The maximum Gasteiger partial charge on any atom is 0.152 e. The second-order valence-corrected chi connectivity index (χ2v) is 4.59. The van der Waals surface area contributed by atoms with E-state index < -0.39 is 0 Å². The third-order valence-corrected chi connectivity index (χ3v) is 3.24. The van der Waals surface area contributed by atoms with Gasteiger partial charge in [-0.2, -0.15) is 5.10 Å². The summed E-state index contributed by atoms with van der Waals surface area (Å²) in [6.07, 6.45) is 0. The zero-order valence-electron chi connectivity index (χ0n) is 11.4. The minimum absolute atomic E-state index is 0.718. The quantitative estimate of drug-likeness (QED) is 0.872. The molecule has 0 saturated heterocycles. The van der Waals surface area contributed by atoms with E-state index >= 15 is 0 Å². The van der Waals surface area contributed by atoms with Gasteiger partial charge in [0.05, 0.1) is 11.4 Å². The fraction of sp³-hybridized carbons (Fsp3) is 0.357. The lowest BCUT2D eigenvalue weighted by atomic mass is 10.1. The number of nitrogens with zero attached hydrogens (tertiary/aromatic N) is 2. The molecule has 3 N–H and O–H groups in total. The summed E-state index contributed by atoms with van der Waals surface area (Å²) in [6, 6.07) is 6.29. The molecule has 0 spiro atoms. The van der Waals surface area contributed by atoms with Gasteiger partial charge >= 0.3 is 0 Å². The average molecular weight is 244 g/mol. The van der Waals surface area contributed by atoms with Crippen molar-refractivity contribution < 1.29 is 0 Å². The van der Waals surface area contributed by atoms with E-state index in [1.807, 2.05) is 11.6 Å².